The normalized spacial score (nSPS) is 21.3. The highest BCUT2D eigenvalue weighted by molar-refractivity contribution is 5.95. The van der Waals surface area contributed by atoms with Gasteiger partial charge in [-0.2, -0.15) is 0 Å². The van der Waals surface area contributed by atoms with E-state index >= 15 is 0 Å². The highest BCUT2D eigenvalue weighted by Gasteiger charge is 2.31. The maximum atomic E-state index is 13.3. The fraction of sp³-hybridized carbons (Fsp3) is 0.278. The van der Waals surface area contributed by atoms with Gasteiger partial charge in [0.2, 0.25) is 0 Å². The highest BCUT2D eigenvalue weighted by atomic mass is 19.1. The molecule has 0 aliphatic carbocycles. The molecule has 0 saturated heterocycles. The maximum absolute atomic E-state index is 13.3. The Morgan fingerprint density at radius 2 is 2.12 bits per heavy atom. The highest BCUT2D eigenvalue weighted by Crippen LogP contribution is 2.37. The van der Waals surface area contributed by atoms with Gasteiger partial charge in [0.15, 0.2) is 6.61 Å². The number of hydrogen-bond acceptors (Lipinski definition) is 4. The lowest BCUT2D eigenvalue weighted by Crippen LogP contribution is -2.29. The Bertz CT molecular complexity index is 809. The summed E-state index contributed by atoms with van der Waals surface area (Å²) in [5, 5.41) is 6.24. The number of halogens is 1. The first kappa shape index (κ1) is 15.0. The first-order chi connectivity index (χ1) is 11.6. The Labute approximate surface area is 138 Å². The molecule has 0 saturated carbocycles. The molecule has 0 fully saturated rings. The Balaban J connectivity index is 1.50. The Kier molecular flexibility index (Phi) is 3.61. The third-order valence-electron chi connectivity index (χ3n) is 4.30. The van der Waals surface area contributed by atoms with Crippen LogP contribution in [0.3, 0.4) is 0 Å². The Morgan fingerprint density at radius 1 is 1.25 bits per heavy atom. The van der Waals surface area contributed by atoms with Crippen LogP contribution in [-0.4, -0.2) is 18.6 Å². The third kappa shape index (κ3) is 2.69. The largest absolute Gasteiger partial charge is 0.488 e. The van der Waals surface area contributed by atoms with Gasteiger partial charge in [0.25, 0.3) is 5.91 Å². The van der Waals surface area contributed by atoms with Gasteiger partial charge in [-0.15, -0.1) is 0 Å². The fourth-order valence-corrected chi connectivity index (χ4v) is 3.13. The number of ether oxygens (including phenoxy) is 2. The maximum Gasteiger partial charge on any atom is 0.262 e. The van der Waals surface area contributed by atoms with Crippen LogP contribution in [0.5, 0.6) is 11.5 Å². The lowest BCUT2D eigenvalue weighted by Gasteiger charge is -2.20. The van der Waals surface area contributed by atoms with Crippen molar-refractivity contribution >= 4 is 11.6 Å². The van der Waals surface area contributed by atoms with E-state index in [2.05, 4.69) is 10.6 Å². The van der Waals surface area contributed by atoms with Crippen molar-refractivity contribution < 1.29 is 18.7 Å². The van der Waals surface area contributed by atoms with Gasteiger partial charge >= 0.3 is 0 Å². The molecule has 6 heteroatoms. The molecule has 24 heavy (non-hydrogen) atoms. The summed E-state index contributed by atoms with van der Waals surface area (Å²) in [4.78, 5) is 11.4. The van der Waals surface area contributed by atoms with Gasteiger partial charge < -0.3 is 20.1 Å². The van der Waals surface area contributed by atoms with Crippen molar-refractivity contribution in [1.82, 2.24) is 5.32 Å². The van der Waals surface area contributed by atoms with E-state index < -0.39 is 0 Å². The van der Waals surface area contributed by atoms with E-state index in [1.165, 1.54) is 12.1 Å². The molecule has 2 aromatic carbocycles. The number of carbonyl (C=O) groups is 1. The number of nitrogens with one attached hydrogen (secondary N) is 2. The molecule has 2 atom stereocenters. The van der Waals surface area contributed by atoms with Crippen LogP contribution >= 0.6 is 0 Å². The van der Waals surface area contributed by atoms with Gasteiger partial charge in [-0.25, -0.2) is 4.39 Å². The van der Waals surface area contributed by atoms with Crippen molar-refractivity contribution in [2.45, 2.75) is 25.6 Å². The lowest BCUT2D eigenvalue weighted by molar-refractivity contribution is -0.118. The summed E-state index contributed by atoms with van der Waals surface area (Å²) in [7, 11) is 0. The first-order valence-corrected chi connectivity index (χ1v) is 7.85. The molecule has 2 N–H and O–H groups in total. The first-order valence-electron chi connectivity index (χ1n) is 7.85. The van der Waals surface area contributed by atoms with E-state index in [0.717, 1.165) is 11.1 Å². The molecule has 0 radical (unpaired) electrons. The zero-order valence-electron chi connectivity index (χ0n) is 13.1. The van der Waals surface area contributed by atoms with Crippen LogP contribution in [0.2, 0.25) is 0 Å². The van der Waals surface area contributed by atoms with Crippen LogP contribution in [0.25, 0.3) is 0 Å². The molecule has 2 heterocycles. The van der Waals surface area contributed by atoms with Gasteiger partial charge in [-0.1, -0.05) is 12.1 Å². The minimum absolute atomic E-state index is 0.0116. The van der Waals surface area contributed by atoms with Gasteiger partial charge in [-0.3, -0.25) is 4.79 Å². The standard InChI is InChI=1S/C18H17FN2O3/c1-10-18(13-4-3-12(19)7-16(13)24-10)20-8-11-2-5-15-14(6-11)21-17(22)9-23-15/h2-7,10,18,20H,8-9H2,1H3,(H,21,22)/t10-,18-/m1/s1. The molecule has 5 nitrogen and oxygen atoms in total. The van der Waals surface area contributed by atoms with Crippen molar-refractivity contribution in [3.05, 3.63) is 53.3 Å². The average Bonchev–Trinajstić information content (AvgIpc) is 2.86. The molecular weight excluding hydrogens is 311 g/mol. The topological polar surface area (TPSA) is 59.6 Å². The molecule has 0 spiro atoms. The van der Waals surface area contributed by atoms with Crippen LogP contribution in [0.15, 0.2) is 36.4 Å². The summed E-state index contributed by atoms with van der Waals surface area (Å²) >= 11 is 0. The summed E-state index contributed by atoms with van der Waals surface area (Å²) in [6.07, 6.45) is -0.0811. The quantitative estimate of drug-likeness (QED) is 0.910. The van der Waals surface area contributed by atoms with Crippen LogP contribution in [-0.2, 0) is 11.3 Å². The van der Waals surface area contributed by atoms with E-state index in [0.29, 0.717) is 23.7 Å². The van der Waals surface area contributed by atoms with E-state index in [4.69, 9.17) is 9.47 Å². The molecule has 2 aliphatic heterocycles. The smallest absolute Gasteiger partial charge is 0.262 e. The van der Waals surface area contributed by atoms with Crippen molar-refractivity contribution in [3.63, 3.8) is 0 Å². The predicted molar refractivity (Wildman–Crippen MR) is 86.6 cm³/mol. The molecule has 0 bridgehead atoms. The molecule has 0 unspecified atom stereocenters. The monoisotopic (exact) mass is 328 g/mol. The van der Waals surface area contributed by atoms with Crippen molar-refractivity contribution in [1.29, 1.82) is 0 Å². The number of benzene rings is 2. The predicted octanol–water partition coefficient (Wildman–Crippen LogP) is 2.77. The summed E-state index contributed by atoms with van der Waals surface area (Å²) in [6.45, 7) is 2.60. The second-order valence-corrected chi connectivity index (χ2v) is 6.03. The molecular formula is C18H17FN2O3. The van der Waals surface area contributed by atoms with Crippen LogP contribution in [0, 0.1) is 5.82 Å². The van der Waals surface area contributed by atoms with E-state index in [-0.39, 0.29) is 30.5 Å². The van der Waals surface area contributed by atoms with Gasteiger partial charge in [-0.05, 0) is 30.7 Å². The van der Waals surface area contributed by atoms with Crippen molar-refractivity contribution in [3.8, 4) is 11.5 Å². The average molecular weight is 328 g/mol. The number of hydrogen-bond donors (Lipinski definition) is 2. The number of amides is 1. The number of rotatable bonds is 3. The minimum atomic E-state index is -0.299. The van der Waals surface area contributed by atoms with E-state index in [9.17, 15) is 9.18 Å². The SMILES string of the molecule is C[C@H]1Oc2cc(F)ccc2[C@@H]1NCc1ccc2c(c1)NC(=O)CO2. The second-order valence-electron chi connectivity index (χ2n) is 6.03. The van der Waals surface area contributed by atoms with E-state index in [1.54, 1.807) is 6.07 Å². The summed E-state index contributed by atoms with van der Waals surface area (Å²) in [5.41, 5.74) is 2.66. The second kappa shape index (κ2) is 5.79. The Hall–Kier alpha value is -2.60. The van der Waals surface area contributed by atoms with Crippen LogP contribution in [0.4, 0.5) is 10.1 Å². The molecule has 0 aromatic heterocycles. The summed E-state index contributed by atoms with van der Waals surface area (Å²) in [6, 6.07) is 10.3. The third-order valence-corrected chi connectivity index (χ3v) is 4.30. The molecule has 1 amide bonds. The van der Waals surface area contributed by atoms with Crippen molar-refractivity contribution in [2.75, 3.05) is 11.9 Å². The van der Waals surface area contributed by atoms with Gasteiger partial charge in [0.1, 0.15) is 23.4 Å². The minimum Gasteiger partial charge on any atom is -0.488 e. The number of carbonyl (C=O) groups excluding carboxylic acids is 1. The number of fused-ring (bicyclic) bond motifs is 2. The van der Waals surface area contributed by atoms with E-state index in [1.807, 2.05) is 25.1 Å². The van der Waals surface area contributed by atoms with Gasteiger partial charge in [0.05, 0.1) is 11.7 Å². The van der Waals surface area contributed by atoms with Crippen LogP contribution < -0.4 is 20.1 Å². The number of anilines is 1. The summed E-state index contributed by atoms with van der Waals surface area (Å²) < 4.78 is 24.4. The molecule has 124 valence electrons. The fourth-order valence-electron chi connectivity index (χ4n) is 3.13. The summed E-state index contributed by atoms with van der Waals surface area (Å²) in [5.74, 6) is 0.816. The molecule has 2 aromatic rings. The molecule has 4 rings (SSSR count). The Morgan fingerprint density at radius 3 is 3.00 bits per heavy atom. The molecule has 2 aliphatic rings. The zero-order chi connectivity index (χ0) is 16.7. The van der Waals surface area contributed by atoms with Crippen molar-refractivity contribution in [2.24, 2.45) is 0 Å². The van der Waals surface area contributed by atoms with Gasteiger partial charge in [0, 0.05) is 18.2 Å². The zero-order valence-corrected chi connectivity index (χ0v) is 13.1. The van der Waals surface area contributed by atoms with Crippen LogP contribution in [0.1, 0.15) is 24.1 Å². The lowest BCUT2D eigenvalue weighted by atomic mass is 10.0.